The van der Waals surface area contributed by atoms with Crippen LogP contribution in [-0.4, -0.2) is 54.8 Å². The maximum Gasteiger partial charge on any atom is 0.471 e. The number of fused-ring (bicyclic) bond motifs is 1. The zero-order chi connectivity index (χ0) is 24.5. The van der Waals surface area contributed by atoms with E-state index in [4.69, 9.17) is 4.74 Å². The van der Waals surface area contributed by atoms with Crippen molar-refractivity contribution < 1.29 is 35.9 Å². The van der Waals surface area contributed by atoms with Gasteiger partial charge in [-0.15, -0.1) is 0 Å². The third kappa shape index (κ3) is 4.95. The second-order valence-electron chi connectivity index (χ2n) is 8.27. The van der Waals surface area contributed by atoms with Gasteiger partial charge < -0.3 is 9.64 Å². The topological polar surface area (TPSA) is 84.0 Å². The molecule has 1 fully saturated rings. The van der Waals surface area contributed by atoms with Gasteiger partial charge in [-0.1, -0.05) is 36.4 Å². The molecule has 2 heterocycles. The predicted molar refractivity (Wildman–Crippen MR) is 115 cm³/mol. The number of esters is 1. The summed E-state index contributed by atoms with van der Waals surface area (Å²) in [5.74, 6) is -2.60. The Labute approximate surface area is 195 Å². The van der Waals surface area contributed by atoms with E-state index in [1.165, 1.54) is 12.1 Å². The molecule has 1 atom stereocenters. The summed E-state index contributed by atoms with van der Waals surface area (Å²) in [5, 5.41) is 0. The van der Waals surface area contributed by atoms with Crippen molar-refractivity contribution in [3.8, 4) is 0 Å². The lowest BCUT2D eigenvalue weighted by Crippen LogP contribution is -2.44. The molecule has 1 unspecified atom stereocenters. The normalized spacial score (nSPS) is 19.0. The highest BCUT2D eigenvalue weighted by atomic mass is 32.2. The lowest BCUT2D eigenvalue weighted by atomic mass is 10.00. The molecule has 0 radical (unpaired) electrons. The fraction of sp³-hybridized carbons (Fsp3) is 0.391. The lowest BCUT2D eigenvalue weighted by Gasteiger charge is -2.30. The summed E-state index contributed by atoms with van der Waals surface area (Å²) in [4.78, 5) is 24.8. The molecule has 2 aliphatic rings. The first-order valence-corrected chi connectivity index (χ1v) is 12.2. The molecule has 0 spiro atoms. The van der Waals surface area contributed by atoms with Crippen LogP contribution in [0.15, 0.2) is 53.4 Å². The number of rotatable bonds is 5. The third-order valence-electron chi connectivity index (χ3n) is 6.03. The predicted octanol–water partition coefficient (Wildman–Crippen LogP) is 3.03. The first kappa shape index (κ1) is 24.2. The Balaban J connectivity index is 1.51. The second kappa shape index (κ2) is 9.38. The van der Waals surface area contributed by atoms with Crippen LogP contribution < -0.4 is 0 Å². The van der Waals surface area contributed by atoms with Gasteiger partial charge in [-0.05, 0) is 48.1 Å². The molecular weight excluding hydrogens is 473 g/mol. The van der Waals surface area contributed by atoms with Gasteiger partial charge in [0.2, 0.25) is 10.0 Å². The van der Waals surface area contributed by atoms with Crippen molar-refractivity contribution in [2.45, 2.75) is 49.5 Å². The summed E-state index contributed by atoms with van der Waals surface area (Å²) in [5.41, 5.74) is 1.80. The van der Waals surface area contributed by atoms with Crippen molar-refractivity contribution in [3.05, 3.63) is 65.2 Å². The number of alkyl halides is 3. The molecule has 1 amide bonds. The van der Waals surface area contributed by atoms with Crippen molar-refractivity contribution in [1.29, 1.82) is 0 Å². The van der Waals surface area contributed by atoms with Crippen molar-refractivity contribution >= 4 is 21.9 Å². The van der Waals surface area contributed by atoms with Crippen LogP contribution in [0.3, 0.4) is 0 Å². The highest BCUT2D eigenvalue weighted by Gasteiger charge is 2.44. The number of halogens is 3. The van der Waals surface area contributed by atoms with Gasteiger partial charge in [0.1, 0.15) is 12.6 Å². The molecule has 4 rings (SSSR count). The molecule has 0 N–H and O–H groups in total. The summed E-state index contributed by atoms with van der Waals surface area (Å²) in [6, 6.07) is 12.3. The Hall–Kier alpha value is -2.92. The van der Waals surface area contributed by atoms with E-state index in [-0.39, 0.29) is 37.6 Å². The van der Waals surface area contributed by atoms with Gasteiger partial charge in [-0.2, -0.15) is 17.5 Å². The summed E-state index contributed by atoms with van der Waals surface area (Å²) < 4.78 is 71.6. The molecule has 7 nitrogen and oxygen atoms in total. The number of amides is 1. The molecule has 0 aliphatic carbocycles. The standard InChI is InChI=1S/C23H23F3N2O5S/c24-23(25,26)22(30)27-12-10-17-8-9-19(13-18(17)14-27)34(31,32)28-11-4-7-20(28)21(29)33-15-16-5-2-1-3-6-16/h1-3,5-6,8-9,13,20H,4,7,10-12,14-15H2. The van der Waals surface area contributed by atoms with E-state index in [9.17, 15) is 31.2 Å². The zero-order valence-electron chi connectivity index (χ0n) is 18.1. The first-order chi connectivity index (χ1) is 16.1. The van der Waals surface area contributed by atoms with E-state index in [1.54, 1.807) is 30.3 Å². The van der Waals surface area contributed by atoms with Crippen molar-refractivity contribution in [2.75, 3.05) is 13.1 Å². The van der Waals surface area contributed by atoms with Crippen molar-refractivity contribution in [1.82, 2.24) is 9.21 Å². The smallest absolute Gasteiger partial charge is 0.460 e. The van der Waals surface area contributed by atoms with Gasteiger partial charge in [-0.3, -0.25) is 9.59 Å². The average Bonchev–Trinajstić information content (AvgIpc) is 3.32. The maximum absolute atomic E-state index is 13.3. The van der Waals surface area contributed by atoms with E-state index in [0.717, 1.165) is 9.87 Å². The minimum absolute atomic E-state index is 0.0198. The summed E-state index contributed by atoms with van der Waals surface area (Å²) in [6.45, 7) is -0.284. The third-order valence-corrected chi connectivity index (χ3v) is 7.93. The van der Waals surface area contributed by atoms with Crippen molar-refractivity contribution in [2.24, 2.45) is 0 Å². The Bertz CT molecular complexity index is 1180. The molecule has 11 heteroatoms. The number of nitrogens with zero attached hydrogens (tertiary/aromatic N) is 2. The molecular formula is C23H23F3N2O5S. The highest BCUT2D eigenvalue weighted by Crippen LogP contribution is 2.31. The Morgan fingerprint density at radius 3 is 2.47 bits per heavy atom. The van der Waals surface area contributed by atoms with Gasteiger partial charge in [0.05, 0.1) is 4.90 Å². The van der Waals surface area contributed by atoms with E-state index in [0.29, 0.717) is 28.9 Å². The number of hydrogen-bond acceptors (Lipinski definition) is 5. The van der Waals surface area contributed by atoms with Gasteiger partial charge >= 0.3 is 18.1 Å². The van der Waals surface area contributed by atoms with Crippen LogP contribution >= 0.6 is 0 Å². The number of ether oxygens (including phenoxy) is 1. The van der Waals surface area contributed by atoms with E-state index in [1.807, 2.05) is 6.07 Å². The number of hydrogen-bond donors (Lipinski definition) is 0. The number of benzene rings is 2. The van der Waals surface area contributed by atoms with Gasteiger partial charge in [0.15, 0.2) is 0 Å². The minimum Gasteiger partial charge on any atom is -0.460 e. The zero-order valence-corrected chi connectivity index (χ0v) is 18.9. The van der Waals surface area contributed by atoms with E-state index < -0.39 is 34.1 Å². The largest absolute Gasteiger partial charge is 0.471 e. The summed E-state index contributed by atoms with van der Waals surface area (Å²) in [7, 11) is -4.11. The number of carbonyl (C=O) groups is 2. The van der Waals surface area contributed by atoms with E-state index in [2.05, 4.69) is 0 Å². The van der Waals surface area contributed by atoms with Crippen LogP contribution in [0.25, 0.3) is 0 Å². The van der Waals surface area contributed by atoms with Gasteiger partial charge in [-0.25, -0.2) is 8.42 Å². The number of sulfonamides is 1. The molecule has 2 aromatic rings. The van der Waals surface area contributed by atoms with Crippen LogP contribution in [0.5, 0.6) is 0 Å². The highest BCUT2D eigenvalue weighted by molar-refractivity contribution is 7.89. The van der Waals surface area contributed by atoms with Gasteiger partial charge in [0.25, 0.3) is 0 Å². The molecule has 0 saturated carbocycles. The van der Waals surface area contributed by atoms with Crippen molar-refractivity contribution in [3.63, 3.8) is 0 Å². The SMILES string of the molecule is O=C(OCc1ccccc1)C1CCCN1S(=O)(=O)c1ccc2c(c1)CN(C(=O)C(F)(F)F)CC2. The second-order valence-corrected chi connectivity index (χ2v) is 10.2. The van der Waals surface area contributed by atoms with Crippen LogP contribution in [0.2, 0.25) is 0 Å². The molecule has 0 aromatic heterocycles. The fourth-order valence-corrected chi connectivity index (χ4v) is 5.97. The van der Waals surface area contributed by atoms with Crippen LogP contribution in [0.1, 0.15) is 29.5 Å². The summed E-state index contributed by atoms with van der Waals surface area (Å²) in [6.07, 6.45) is -4.02. The first-order valence-electron chi connectivity index (χ1n) is 10.8. The van der Waals surface area contributed by atoms with E-state index >= 15 is 0 Å². The molecule has 1 saturated heterocycles. The Kier molecular flexibility index (Phi) is 6.68. The van der Waals surface area contributed by atoms with Crippen LogP contribution in [0, 0.1) is 0 Å². The molecule has 182 valence electrons. The maximum atomic E-state index is 13.3. The van der Waals surface area contributed by atoms with Crippen LogP contribution in [0.4, 0.5) is 13.2 Å². The minimum atomic E-state index is -5.00. The Morgan fingerprint density at radius 2 is 1.76 bits per heavy atom. The molecule has 0 bridgehead atoms. The number of carbonyl (C=O) groups excluding carboxylic acids is 2. The monoisotopic (exact) mass is 496 g/mol. The molecule has 34 heavy (non-hydrogen) atoms. The lowest BCUT2D eigenvalue weighted by molar-refractivity contribution is -0.186. The van der Waals surface area contributed by atoms with Gasteiger partial charge in [0, 0.05) is 19.6 Å². The molecule has 2 aliphatic heterocycles. The van der Waals surface area contributed by atoms with Crippen LogP contribution in [-0.2, 0) is 43.9 Å². The molecule has 2 aromatic carbocycles. The fourth-order valence-electron chi connectivity index (χ4n) is 4.27. The Morgan fingerprint density at radius 1 is 1.03 bits per heavy atom. The average molecular weight is 497 g/mol. The quantitative estimate of drug-likeness (QED) is 0.595. The summed E-state index contributed by atoms with van der Waals surface area (Å²) >= 11 is 0.